The molecule has 1 aromatic rings. The highest BCUT2D eigenvalue weighted by Gasteiger charge is 2.55. The molecule has 8 heteroatoms. The zero-order chi connectivity index (χ0) is 22.1. The van der Waals surface area contributed by atoms with Crippen LogP contribution in [0.5, 0.6) is 0 Å². The molecule has 2 unspecified atom stereocenters. The standard InChI is InChI=1S/C23H29N3O5/c1-16-7-5-6-10-23(16)20(29)26(21(30)25-23)13-19(28)31-14-18(27)24-15-22(11-12-22)17-8-3-2-4-9-17/h2-4,8-9,16H,5-7,10-15H2,1H3,(H,24,27)(H,25,30). The van der Waals surface area contributed by atoms with Gasteiger partial charge in [0.15, 0.2) is 6.61 Å². The van der Waals surface area contributed by atoms with E-state index < -0.39 is 36.6 Å². The van der Waals surface area contributed by atoms with Crippen LogP contribution < -0.4 is 10.6 Å². The van der Waals surface area contributed by atoms with E-state index in [1.54, 1.807) is 0 Å². The zero-order valence-electron chi connectivity index (χ0n) is 17.8. The molecule has 0 aromatic heterocycles. The molecule has 2 atom stereocenters. The van der Waals surface area contributed by atoms with Crippen LogP contribution in [-0.4, -0.2) is 54.0 Å². The van der Waals surface area contributed by atoms with Crippen molar-refractivity contribution in [1.82, 2.24) is 15.5 Å². The highest BCUT2D eigenvalue weighted by molar-refractivity contribution is 6.09. The Morgan fingerprint density at radius 3 is 2.58 bits per heavy atom. The Morgan fingerprint density at radius 2 is 1.90 bits per heavy atom. The van der Waals surface area contributed by atoms with Crippen molar-refractivity contribution < 1.29 is 23.9 Å². The van der Waals surface area contributed by atoms with Gasteiger partial charge in [-0.1, -0.05) is 50.1 Å². The number of esters is 1. The molecule has 3 fully saturated rings. The van der Waals surface area contributed by atoms with Gasteiger partial charge in [0.05, 0.1) is 0 Å². The molecule has 2 saturated carbocycles. The van der Waals surface area contributed by atoms with Crippen molar-refractivity contribution in [3.8, 4) is 0 Å². The molecule has 8 nitrogen and oxygen atoms in total. The van der Waals surface area contributed by atoms with Crippen LogP contribution in [0.3, 0.4) is 0 Å². The van der Waals surface area contributed by atoms with Gasteiger partial charge in [-0.15, -0.1) is 0 Å². The third-order valence-corrected chi connectivity index (χ3v) is 7.02. The first-order valence-corrected chi connectivity index (χ1v) is 11.0. The first-order chi connectivity index (χ1) is 14.9. The SMILES string of the molecule is CC1CCCCC12NC(=O)N(CC(=O)OCC(=O)NCC1(c3ccccc3)CC1)C2=O. The molecule has 1 aliphatic heterocycles. The molecule has 166 valence electrons. The number of carbonyl (C=O) groups excluding carboxylic acids is 4. The molecule has 31 heavy (non-hydrogen) atoms. The van der Waals surface area contributed by atoms with E-state index in [1.165, 1.54) is 5.56 Å². The summed E-state index contributed by atoms with van der Waals surface area (Å²) in [4.78, 5) is 50.5. The summed E-state index contributed by atoms with van der Waals surface area (Å²) in [5.41, 5.74) is 0.242. The second-order valence-electron chi connectivity index (χ2n) is 9.02. The van der Waals surface area contributed by atoms with Gasteiger partial charge in [-0.2, -0.15) is 0 Å². The first-order valence-electron chi connectivity index (χ1n) is 11.0. The summed E-state index contributed by atoms with van der Waals surface area (Å²) in [5, 5.41) is 5.63. The van der Waals surface area contributed by atoms with E-state index in [-0.39, 0.29) is 17.2 Å². The maximum absolute atomic E-state index is 12.9. The number of ether oxygens (including phenoxy) is 1. The van der Waals surface area contributed by atoms with Gasteiger partial charge in [0.1, 0.15) is 12.1 Å². The Balaban J connectivity index is 1.24. The molecule has 0 bridgehead atoms. The summed E-state index contributed by atoms with van der Waals surface area (Å²) in [6.07, 6.45) is 5.33. The molecule has 1 heterocycles. The van der Waals surface area contributed by atoms with Crippen LogP contribution in [0.1, 0.15) is 51.0 Å². The average Bonchev–Trinajstić information content (AvgIpc) is 3.53. The monoisotopic (exact) mass is 427 g/mol. The maximum atomic E-state index is 12.9. The molecule has 4 rings (SSSR count). The van der Waals surface area contributed by atoms with E-state index >= 15 is 0 Å². The summed E-state index contributed by atoms with van der Waals surface area (Å²) >= 11 is 0. The maximum Gasteiger partial charge on any atom is 0.326 e. The highest BCUT2D eigenvalue weighted by atomic mass is 16.5. The molecule has 1 saturated heterocycles. The van der Waals surface area contributed by atoms with E-state index in [0.717, 1.165) is 37.0 Å². The number of hydrogen-bond donors (Lipinski definition) is 2. The Hall–Kier alpha value is -2.90. The quantitative estimate of drug-likeness (QED) is 0.511. The number of nitrogens with one attached hydrogen (secondary N) is 2. The number of hydrogen-bond acceptors (Lipinski definition) is 5. The third kappa shape index (κ3) is 4.16. The number of rotatable bonds is 7. The lowest BCUT2D eigenvalue weighted by molar-refractivity contribution is -0.151. The van der Waals surface area contributed by atoms with Crippen LogP contribution in [-0.2, 0) is 24.5 Å². The van der Waals surface area contributed by atoms with Crippen molar-refractivity contribution in [2.75, 3.05) is 19.7 Å². The average molecular weight is 428 g/mol. The van der Waals surface area contributed by atoms with E-state index in [0.29, 0.717) is 13.0 Å². The van der Waals surface area contributed by atoms with Gasteiger partial charge >= 0.3 is 12.0 Å². The fourth-order valence-corrected chi connectivity index (χ4v) is 4.79. The van der Waals surface area contributed by atoms with Gasteiger partial charge in [0.2, 0.25) is 0 Å². The lowest BCUT2D eigenvalue weighted by Gasteiger charge is -2.36. The van der Waals surface area contributed by atoms with Crippen molar-refractivity contribution in [1.29, 1.82) is 0 Å². The number of urea groups is 1. The lowest BCUT2D eigenvalue weighted by Crippen LogP contribution is -2.54. The summed E-state index contributed by atoms with van der Waals surface area (Å²) in [6.45, 7) is 1.52. The van der Waals surface area contributed by atoms with Crippen LogP contribution in [0, 0.1) is 5.92 Å². The number of benzene rings is 1. The molecule has 2 N–H and O–H groups in total. The van der Waals surface area contributed by atoms with Crippen LogP contribution in [0.4, 0.5) is 4.79 Å². The third-order valence-electron chi connectivity index (χ3n) is 7.02. The fraction of sp³-hybridized carbons (Fsp3) is 0.565. The predicted molar refractivity (Wildman–Crippen MR) is 112 cm³/mol. The molecule has 1 spiro atoms. The number of carbonyl (C=O) groups is 4. The molecule has 3 aliphatic rings. The second kappa shape index (κ2) is 8.32. The van der Waals surface area contributed by atoms with E-state index in [4.69, 9.17) is 4.74 Å². The molecule has 4 amide bonds. The van der Waals surface area contributed by atoms with Crippen molar-refractivity contribution >= 4 is 23.8 Å². The zero-order valence-corrected chi connectivity index (χ0v) is 17.8. The minimum absolute atomic E-state index is 0.0175. The number of imide groups is 1. The second-order valence-corrected chi connectivity index (χ2v) is 9.02. The van der Waals surface area contributed by atoms with Crippen LogP contribution >= 0.6 is 0 Å². The largest absolute Gasteiger partial charge is 0.454 e. The first kappa shape index (κ1) is 21.3. The van der Waals surface area contributed by atoms with Crippen molar-refractivity contribution in [2.24, 2.45) is 5.92 Å². The predicted octanol–water partition coefficient (Wildman–Crippen LogP) is 1.88. The van der Waals surface area contributed by atoms with Crippen molar-refractivity contribution in [3.63, 3.8) is 0 Å². The molecular weight excluding hydrogens is 398 g/mol. The van der Waals surface area contributed by atoms with Gasteiger partial charge < -0.3 is 15.4 Å². The van der Waals surface area contributed by atoms with Gasteiger partial charge in [-0.05, 0) is 37.2 Å². The van der Waals surface area contributed by atoms with E-state index in [1.807, 2.05) is 25.1 Å². The topological polar surface area (TPSA) is 105 Å². The molecule has 2 aliphatic carbocycles. The van der Waals surface area contributed by atoms with Gasteiger partial charge in [0, 0.05) is 12.0 Å². The van der Waals surface area contributed by atoms with Crippen LogP contribution in [0.25, 0.3) is 0 Å². The van der Waals surface area contributed by atoms with Crippen molar-refractivity contribution in [2.45, 2.75) is 56.4 Å². The van der Waals surface area contributed by atoms with Gasteiger partial charge in [0.25, 0.3) is 11.8 Å². The Kier molecular flexibility index (Phi) is 5.73. The molecule has 0 radical (unpaired) electrons. The summed E-state index contributed by atoms with van der Waals surface area (Å²) in [6, 6.07) is 9.45. The minimum atomic E-state index is -0.914. The highest BCUT2D eigenvalue weighted by Crippen LogP contribution is 2.47. The summed E-state index contributed by atoms with van der Waals surface area (Å²) < 4.78 is 5.03. The summed E-state index contributed by atoms with van der Waals surface area (Å²) in [5.74, 6) is -1.53. The Morgan fingerprint density at radius 1 is 1.16 bits per heavy atom. The summed E-state index contributed by atoms with van der Waals surface area (Å²) in [7, 11) is 0. The number of amides is 4. The van der Waals surface area contributed by atoms with E-state index in [2.05, 4.69) is 22.8 Å². The minimum Gasteiger partial charge on any atom is -0.454 e. The molecule has 1 aromatic carbocycles. The van der Waals surface area contributed by atoms with Crippen LogP contribution in [0.2, 0.25) is 0 Å². The Bertz CT molecular complexity index is 882. The normalized spacial score (nSPS) is 26.5. The lowest BCUT2D eigenvalue weighted by atomic mass is 9.73. The van der Waals surface area contributed by atoms with E-state index in [9.17, 15) is 19.2 Å². The molecular formula is C23H29N3O5. The fourth-order valence-electron chi connectivity index (χ4n) is 4.79. The Labute approximate surface area is 181 Å². The van der Waals surface area contributed by atoms with Gasteiger partial charge in [-0.3, -0.25) is 19.3 Å². The van der Waals surface area contributed by atoms with Crippen LogP contribution in [0.15, 0.2) is 30.3 Å². The number of nitrogens with zero attached hydrogens (tertiary/aromatic N) is 1. The van der Waals surface area contributed by atoms with Gasteiger partial charge in [-0.25, -0.2) is 4.79 Å². The van der Waals surface area contributed by atoms with Crippen molar-refractivity contribution in [3.05, 3.63) is 35.9 Å². The smallest absolute Gasteiger partial charge is 0.326 e.